The van der Waals surface area contributed by atoms with E-state index in [1.807, 2.05) is 42.0 Å². The maximum atomic E-state index is 13.2. The minimum Gasteiger partial charge on any atom is -0.465 e. The van der Waals surface area contributed by atoms with Crippen LogP contribution in [0, 0.1) is 6.92 Å². The Morgan fingerprint density at radius 1 is 1.28 bits per heavy atom. The summed E-state index contributed by atoms with van der Waals surface area (Å²) in [7, 11) is 0. The van der Waals surface area contributed by atoms with Crippen molar-refractivity contribution in [3.05, 3.63) is 51.3 Å². The van der Waals surface area contributed by atoms with Gasteiger partial charge in [0.25, 0.3) is 0 Å². The van der Waals surface area contributed by atoms with E-state index in [1.165, 1.54) is 0 Å². The molecule has 0 N–H and O–H groups in total. The molecule has 0 unspecified atom stereocenters. The molecule has 2 aromatic heterocycles. The number of hydrogen-bond acceptors (Lipinski definition) is 6. The number of fused-ring (bicyclic) bond motifs is 2. The van der Waals surface area contributed by atoms with Gasteiger partial charge in [0.05, 0.1) is 36.4 Å². The molecule has 0 amide bonds. The van der Waals surface area contributed by atoms with Gasteiger partial charge in [-0.3, -0.25) is 9.59 Å². The number of ether oxygens (including phenoxy) is 2. The van der Waals surface area contributed by atoms with Gasteiger partial charge in [0.2, 0.25) is 0 Å². The average molecular weight is 410 g/mol. The van der Waals surface area contributed by atoms with Crippen molar-refractivity contribution in [2.45, 2.75) is 25.3 Å². The van der Waals surface area contributed by atoms with E-state index in [9.17, 15) is 9.59 Å². The number of aryl methyl sites for hydroxylation is 1. The van der Waals surface area contributed by atoms with Gasteiger partial charge in [-0.1, -0.05) is 6.07 Å². The molecule has 3 aromatic rings. The van der Waals surface area contributed by atoms with Gasteiger partial charge >= 0.3 is 5.97 Å². The summed E-state index contributed by atoms with van der Waals surface area (Å²) in [5.74, 6) is -0.356. The van der Waals surface area contributed by atoms with Crippen LogP contribution in [0.1, 0.15) is 18.2 Å². The van der Waals surface area contributed by atoms with Crippen molar-refractivity contribution in [2.24, 2.45) is 0 Å². The zero-order valence-electron chi connectivity index (χ0n) is 16.7. The summed E-state index contributed by atoms with van der Waals surface area (Å²) in [5.41, 5.74) is 4.08. The molecule has 4 rings (SSSR count). The van der Waals surface area contributed by atoms with E-state index in [0.29, 0.717) is 36.2 Å². The maximum Gasteiger partial charge on any atom is 0.326 e. The highest BCUT2D eigenvalue weighted by atomic mass is 32.2. The highest BCUT2D eigenvalue weighted by Gasteiger charge is 2.19. The molecule has 7 heteroatoms. The van der Waals surface area contributed by atoms with Crippen molar-refractivity contribution in [3.8, 4) is 0 Å². The summed E-state index contributed by atoms with van der Waals surface area (Å²) in [6.07, 6.45) is 3.94. The van der Waals surface area contributed by atoms with Crippen molar-refractivity contribution in [1.29, 1.82) is 0 Å². The van der Waals surface area contributed by atoms with Crippen LogP contribution in [0.4, 0.5) is 0 Å². The van der Waals surface area contributed by atoms with E-state index in [0.717, 1.165) is 27.2 Å². The van der Waals surface area contributed by atoms with E-state index in [-0.39, 0.29) is 17.9 Å². The Bertz CT molecular complexity index is 1210. The third kappa shape index (κ3) is 3.56. The van der Waals surface area contributed by atoms with Gasteiger partial charge in [-0.05, 0) is 55.5 Å². The molecular formula is C22H22N2O4S. The smallest absolute Gasteiger partial charge is 0.326 e. The van der Waals surface area contributed by atoms with Gasteiger partial charge in [0.15, 0.2) is 5.43 Å². The standard InChI is InChI=1S/C22H22N2O4S/c1-4-28-18(25)10-24-19-16(7-5-13(2)21(19)29-3)20(26)17-8-6-15(23-22(17)24)9-14-11-27-12-14/h5-9H,4,10-12H2,1-3H3. The molecule has 1 aliphatic heterocycles. The van der Waals surface area contributed by atoms with Crippen molar-refractivity contribution in [3.63, 3.8) is 0 Å². The van der Waals surface area contributed by atoms with Gasteiger partial charge < -0.3 is 14.0 Å². The number of esters is 1. The van der Waals surface area contributed by atoms with E-state index in [2.05, 4.69) is 0 Å². The lowest BCUT2D eigenvalue weighted by molar-refractivity contribution is -0.143. The van der Waals surface area contributed by atoms with Crippen LogP contribution in [0.5, 0.6) is 0 Å². The van der Waals surface area contributed by atoms with Crippen LogP contribution in [0.2, 0.25) is 0 Å². The lowest BCUT2D eigenvalue weighted by Gasteiger charge is -2.19. The van der Waals surface area contributed by atoms with Gasteiger partial charge in [0.1, 0.15) is 12.2 Å². The van der Waals surface area contributed by atoms with Crippen LogP contribution in [-0.4, -0.2) is 41.6 Å². The number of hydrogen-bond donors (Lipinski definition) is 0. The lowest BCUT2D eigenvalue weighted by Crippen LogP contribution is -2.20. The quantitative estimate of drug-likeness (QED) is 0.364. The molecule has 6 nitrogen and oxygen atoms in total. The Morgan fingerprint density at radius 2 is 2.03 bits per heavy atom. The number of carbonyl (C=O) groups is 1. The topological polar surface area (TPSA) is 70.4 Å². The SMILES string of the molecule is CCOC(=O)Cn1c2nc(C=C3COC3)ccc2c(=O)c2ccc(C)c(SC)c21. The second-order valence-electron chi connectivity index (χ2n) is 6.93. The normalized spacial score (nSPS) is 13.6. The Labute approximate surface area is 172 Å². The van der Waals surface area contributed by atoms with Crippen molar-refractivity contribution in [2.75, 3.05) is 26.1 Å². The third-order valence-corrected chi connectivity index (χ3v) is 5.89. The van der Waals surface area contributed by atoms with E-state index in [1.54, 1.807) is 24.8 Å². The molecular weight excluding hydrogens is 388 g/mol. The molecule has 1 aromatic carbocycles. The summed E-state index contributed by atoms with van der Waals surface area (Å²) in [5, 5.41) is 1.07. The van der Waals surface area contributed by atoms with Crippen LogP contribution >= 0.6 is 11.8 Å². The molecule has 0 aliphatic carbocycles. The first kappa shape index (κ1) is 19.7. The lowest BCUT2D eigenvalue weighted by atomic mass is 10.1. The number of benzene rings is 1. The minimum absolute atomic E-state index is 0.00569. The van der Waals surface area contributed by atoms with Crippen molar-refractivity contribution in [1.82, 2.24) is 9.55 Å². The Hall–Kier alpha value is -2.64. The second-order valence-corrected chi connectivity index (χ2v) is 7.75. The Balaban J connectivity index is 2.06. The minimum atomic E-state index is -0.356. The molecule has 0 bridgehead atoms. The molecule has 1 saturated heterocycles. The van der Waals surface area contributed by atoms with Gasteiger partial charge in [-0.2, -0.15) is 0 Å². The van der Waals surface area contributed by atoms with E-state index >= 15 is 0 Å². The summed E-state index contributed by atoms with van der Waals surface area (Å²) in [4.78, 5) is 31.3. The average Bonchev–Trinajstić information content (AvgIpc) is 2.68. The molecule has 0 radical (unpaired) electrons. The third-order valence-electron chi connectivity index (χ3n) is 4.96. The fraction of sp³-hybridized carbons (Fsp3) is 0.318. The molecule has 0 spiro atoms. The monoisotopic (exact) mass is 410 g/mol. The fourth-order valence-electron chi connectivity index (χ4n) is 3.56. The Kier molecular flexibility index (Phi) is 5.43. The van der Waals surface area contributed by atoms with Gasteiger partial charge in [-0.15, -0.1) is 11.8 Å². The maximum absolute atomic E-state index is 13.2. The van der Waals surface area contributed by atoms with Crippen molar-refractivity contribution >= 4 is 45.7 Å². The van der Waals surface area contributed by atoms with E-state index in [4.69, 9.17) is 14.5 Å². The fourth-order valence-corrected chi connectivity index (χ4v) is 4.36. The number of carbonyl (C=O) groups excluding carboxylic acids is 1. The van der Waals surface area contributed by atoms with Crippen LogP contribution in [0.3, 0.4) is 0 Å². The number of pyridine rings is 2. The predicted molar refractivity (Wildman–Crippen MR) is 115 cm³/mol. The predicted octanol–water partition coefficient (Wildman–Crippen LogP) is 3.56. The van der Waals surface area contributed by atoms with Crippen LogP contribution in [-0.2, 0) is 20.8 Å². The first-order valence-corrected chi connectivity index (χ1v) is 10.7. The van der Waals surface area contributed by atoms with Crippen LogP contribution < -0.4 is 5.43 Å². The summed E-state index contributed by atoms with van der Waals surface area (Å²) in [6, 6.07) is 7.39. The number of thioether (sulfide) groups is 1. The second kappa shape index (κ2) is 8.00. The first-order chi connectivity index (χ1) is 14.0. The van der Waals surface area contributed by atoms with E-state index < -0.39 is 0 Å². The molecule has 0 saturated carbocycles. The van der Waals surface area contributed by atoms with Gasteiger partial charge in [-0.25, -0.2) is 4.98 Å². The molecule has 150 valence electrons. The number of nitrogens with zero attached hydrogens (tertiary/aromatic N) is 2. The van der Waals surface area contributed by atoms with Crippen molar-refractivity contribution < 1.29 is 14.3 Å². The highest BCUT2D eigenvalue weighted by molar-refractivity contribution is 7.98. The summed E-state index contributed by atoms with van der Waals surface area (Å²) < 4.78 is 12.2. The highest BCUT2D eigenvalue weighted by Crippen LogP contribution is 2.31. The van der Waals surface area contributed by atoms with Crippen LogP contribution in [0.15, 0.2) is 39.5 Å². The molecule has 29 heavy (non-hydrogen) atoms. The summed E-state index contributed by atoms with van der Waals surface area (Å²) >= 11 is 1.56. The summed E-state index contributed by atoms with van der Waals surface area (Å²) in [6.45, 7) is 5.27. The van der Waals surface area contributed by atoms with Gasteiger partial charge in [0, 0.05) is 10.3 Å². The molecule has 1 aliphatic rings. The largest absolute Gasteiger partial charge is 0.465 e. The molecule has 3 heterocycles. The first-order valence-electron chi connectivity index (χ1n) is 9.47. The molecule has 0 atom stereocenters. The molecule has 1 fully saturated rings. The van der Waals surface area contributed by atoms with Crippen LogP contribution in [0.25, 0.3) is 28.0 Å². The zero-order valence-corrected chi connectivity index (χ0v) is 17.5. The number of rotatable bonds is 5. The number of aromatic nitrogens is 2. The Morgan fingerprint density at radius 3 is 2.69 bits per heavy atom. The zero-order chi connectivity index (χ0) is 20.5.